The van der Waals surface area contributed by atoms with Crippen LogP contribution < -0.4 is 11.1 Å². The number of aromatic amines is 1. The average molecular weight is 396 g/mol. The molecule has 6 rings (SSSR count). The molecule has 0 unspecified atom stereocenters. The molecule has 4 N–H and O–H groups in total. The van der Waals surface area contributed by atoms with Crippen molar-refractivity contribution in [3.63, 3.8) is 0 Å². The molecule has 29 heavy (non-hydrogen) atoms. The largest absolute Gasteiger partial charge is 0.368 e. The van der Waals surface area contributed by atoms with Gasteiger partial charge in [-0.1, -0.05) is 18.2 Å². The zero-order valence-electron chi connectivity index (χ0n) is 15.3. The number of aliphatic imine (C=N–C) groups is 1. The molecule has 0 saturated carbocycles. The number of H-pyrrole nitrogens is 1. The lowest BCUT2D eigenvalue weighted by Gasteiger charge is -2.12. The number of fused-ring (bicyclic) bond motifs is 3. The van der Waals surface area contributed by atoms with E-state index in [4.69, 9.17) is 5.73 Å². The van der Waals surface area contributed by atoms with Crippen molar-refractivity contribution in [2.24, 2.45) is 4.99 Å². The lowest BCUT2D eigenvalue weighted by Crippen LogP contribution is -2.02. The van der Waals surface area contributed by atoms with Gasteiger partial charge >= 0.3 is 0 Å². The summed E-state index contributed by atoms with van der Waals surface area (Å²) in [5, 5.41) is 5.60. The van der Waals surface area contributed by atoms with Crippen LogP contribution in [0.25, 0.3) is 31.6 Å². The molecule has 0 fully saturated rings. The fraction of sp³-hybridized carbons (Fsp3) is 0.0455. The summed E-state index contributed by atoms with van der Waals surface area (Å²) in [4.78, 5) is 17.5. The topological polar surface area (TPSA) is 92.0 Å². The zero-order chi connectivity index (χ0) is 19.4. The standard InChI is InChI=1S/C22H16N6S/c23-22-27-20-15(5-6-25-20)21(28-22)26-14-7-13-10-24-11-17(13)16(9-14)19-8-12-3-1-2-4-18(12)29-19/h1-10H,11H2,(H4,23,25,26,27,28). The van der Waals surface area contributed by atoms with Crippen molar-refractivity contribution in [1.82, 2.24) is 15.0 Å². The number of nitrogens with two attached hydrogens (primary N) is 1. The Labute approximate surface area is 170 Å². The fourth-order valence-electron chi connectivity index (χ4n) is 3.82. The molecule has 0 amide bonds. The van der Waals surface area contributed by atoms with Gasteiger partial charge in [-0.3, -0.25) is 4.99 Å². The van der Waals surface area contributed by atoms with E-state index in [0.717, 1.165) is 16.6 Å². The fourth-order valence-corrected chi connectivity index (χ4v) is 4.92. The number of benzene rings is 2. The normalized spacial score (nSPS) is 12.7. The number of nitrogen functional groups attached to an aromatic ring is 1. The van der Waals surface area contributed by atoms with Crippen LogP contribution in [-0.2, 0) is 6.54 Å². The van der Waals surface area contributed by atoms with Crippen LogP contribution in [-0.4, -0.2) is 21.2 Å². The van der Waals surface area contributed by atoms with Crippen molar-refractivity contribution in [3.05, 3.63) is 65.9 Å². The maximum Gasteiger partial charge on any atom is 0.224 e. The summed E-state index contributed by atoms with van der Waals surface area (Å²) in [6, 6.07) is 17.0. The number of thiophene rings is 1. The van der Waals surface area contributed by atoms with Gasteiger partial charge in [-0.25, -0.2) is 0 Å². The van der Waals surface area contributed by atoms with E-state index >= 15 is 0 Å². The molecule has 7 heteroatoms. The van der Waals surface area contributed by atoms with Crippen molar-refractivity contribution < 1.29 is 0 Å². The predicted molar refractivity (Wildman–Crippen MR) is 120 cm³/mol. The molecule has 3 aromatic heterocycles. The summed E-state index contributed by atoms with van der Waals surface area (Å²) in [6.07, 6.45) is 3.78. The van der Waals surface area contributed by atoms with E-state index in [2.05, 4.69) is 67.7 Å². The van der Waals surface area contributed by atoms with Gasteiger partial charge in [-0.2, -0.15) is 9.97 Å². The highest BCUT2D eigenvalue weighted by atomic mass is 32.1. The monoisotopic (exact) mass is 396 g/mol. The van der Waals surface area contributed by atoms with Gasteiger partial charge in [-0.15, -0.1) is 11.3 Å². The Morgan fingerprint density at radius 2 is 2.00 bits per heavy atom. The molecule has 1 aliphatic rings. The highest BCUT2D eigenvalue weighted by molar-refractivity contribution is 7.22. The molecule has 6 nitrogen and oxygen atoms in total. The SMILES string of the molecule is Nc1nc(Nc2cc3c(c(-c4cc5ccccc5s4)c2)CN=C3)c2cc[nH]c2n1. The van der Waals surface area contributed by atoms with Crippen molar-refractivity contribution >= 4 is 56.1 Å². The number of aromatic nitrogens is 3. The summed E-state index contributed by atoms with van der Waals surface area (Å²) >= 11 is 1.80. The number of nitrogens with one attached hydrogen (secondary N) is 2. The van der Waals surface area contributed by atoms with Gasteiger partial charge in [-0.05, 0) is 46.8 Å². The molecule has 0 radical (unpaired) electrons. The molecule has 5 aromatic rings. The quantitative estimate of drug-likeness (QED) is 0.396. The van der Waals surface area contributed by atoms with Crippen LogP contribution in [0, 0.1) is 0 Å². The summed E-state index contributed by atoms with van der Waals surface area (Å²) in [6.45, 7) is 0.710. The van der Waals surface area contributed by atoms with Crippen LogP contribution in [0.2, 0.25) is 0 Å². The highest BCUT2D eigenvalue weighted by Crippen LogP contribution is 2.39. The average Bonchev–Trinajstić information content (AvgIpc) is 3.45. The van der Waals surface area contributed by atoms with Gasteiger partial charge in [0.05, 0.1) is 11.9 Å². The van der Waals surface area contributed by atoms with Gasteiger partial charge in [0.2, 0.25) is 5.95 Å². The Kier molecular flexibility index (Phi) is 3.45. The molecule has 0 aliphatic carbocycles. The van der Waals surface area contributed by atoms with E-state index in [0.29, 0.717) is 18.0 Å². The highest BCUT2D eigenvalue weighted by Gasteiger charge is 2.17. The molecule has 0 bridgehead atoms. The Balaban J connectivity index is 1.50. The van der Waals surface area contributed by atoms with Crippen LogP contribution in [0.1, 0.15) is 11.1 Å². The summed E-state index contributed by atoms with van der Waals surface area (Å²) in [5.74, 6) is 0.917. The van der Waals surface area contributed by atoms with Crippen LogP contribution in [0.15, 0.2) is 59.7 Å². The summed E-state index contributed by atoms with van der Waals surface area (Å²) in [5.41, 5.74) is 11.2. The number of hydrogen-bond donors (Lipinski definition) is 3. The van der Waals surface area contributed by atoms with E-state index in [1.165, 1.54) is 26.1 Å². The molecule has 0 spiro atoms. The van der Waals surface area contributed by atoms with Crippen LogP contribution in [0.3, 0.4) is 0 Å². The van der Waals surface area contributed by atoms with E-state index in [-0.39, 0.29) is 5.95 Å². The molecule has 140 valence electrons. The first-order valence-corrected chi connectivity index (χ1v) is 10.1. The van der Waals surface area contributed by atoms with Gasteiger partial charge in [0.15, 0.2) is 0 Å². The second kappa shape index (κ2) is 6.15. The van der Waals surface area contributed by atoms with E-state index < -0.39 is 0 Å². The lowest BCUT2D eigenvalue weighted by molar-refractivity contribution is 1.11. The first kappa shape index (κ1) is 16.3. The van der Waals surface area contributed by atoms with Crippen LogP contribution >= 0.6 is 11.3 Å². The number of hydrogen-bond acceptors (Lipinski definition) is 6. The maximum absolute atomic E-state index is 5.89. The molecule has 0 atom stereocenters. The Bertz CT molecular complexity index is 1400. The van der Waals surface area contributed by atoms with Crippen molar-refractivity contribution in [2.45, 2.75) is 6.54 Å². The zero-order valence-corrected chi connectivity index (χ0v) is 16.1. The second-order valence-electron chi connectivity index (χ2n) is 7.01. The van der Waals surface area contributed by atoms with E-state index in [9.17, 15) is 0 Å². The van der Waals surface area contributed by atoms with Crippen molar-refractivity contribution in [1.29, 1.82) is 0 Å². The number of rotatable bonds is 3. The minimum absolute atomic E-state index is 0.231. The Hall–Kier alpha value is -3.71. The minimum Gasteiger partial charge on any atom is -0.368 e. The second-order valence-corrected chi connectivity index (χ2v) is 8.09. The summed E-state index contributed by atoms with van der Waals surface area (Å²) in [7, 11) is 0. The smallest absolute Gasteiger partial charge is 0.224 e. The molecular weight excluding hydrogens is 380 g/mol. The molecular formula is C22H16N6S. The first-order valence-electron chi connectivity index (χ1n) is 9.28. The number of anilines is 3. The third-order valence-electron chi connectivity index (χ3n) is 5.15. The molecule has 0 saturated heterocycles. The van der Waals surface area contributed by atoms with Crippen molar-refractivity contribution in [2.75, 3.05) is 11.1 Å². The Morgan fingerprint density at radius 1 is 1.07 bits per heavy atom. The molecule has 1 aliphatic heterocycles. The van der Waals surface area contributed by atoms with Gasteiger partial charge in [0.25, 0.3) is 0 Å². The van der Waals surface area contributed by atoms with Gasteiger partial charge in [0, 0.05) is 33.2 Å². The number of nitrogens with zero attached hydrogens (tertiary/aromatic N) is 3. The lowest BCUT2D eigenvalue weighted by atomic mass is 10.0. The Morgan fingerprint density at radius 3 is 2.93 bits per heavy atom. The van der Waals surface area contributed by atoms with Crippen LogP contribution in [0.5, 0.6) is 0 Å². The van der Waals surface area contributed by atoms with E-state index in [1.54, 1.807) is 11.3 Å². The third-order valence-corrected chi connectivity index (χ3v) is 6.30. The van der Waals surface area contributed by atoms with Gasteiger partial charge in [0.1, 0.15) is 11.5 Å². The van der Waals surface area contributed by atoms with Gasteiger partial charge < -0.3 is 16.0 Å². The first-order chi connectivity index (χ1) is 14.2. The van der Waals surface area contributed by atoms with Crippen LogP contribution in [0.4, 0.5) is 17.5 Å². The minimum atomic E-state index is 0.231. The maximum atomic E-state index is 5.89. The summed E-state index contributed by atoms with van der Waals surface area (Å²) < 4.78 is 1.28. The predicted octanol–water partition coefficient (Wildman–Crippen LogP) is 5.10. The van der Waals surface area contributed by atoms with Crippen molar-refractivity contribution in [3.8, 4) is 10.4 Å². The molecule has 2 aromatic carbocycles. The third kappa shape index (κ3) is 2.67. The van der Waals surface area contributed by atoms with E-state index in [1.807, 2.05) is 18.5 Å². The molecule has 4 heterocycles.